The van der Waals surface area contributed by atoms with Crippen LogP contribution >= 0.6 is 23.5 Å². The summed E-state index contributed by atoms with van der Waals surface area (Å²) in [5.74, 6) is 4.63. The monoisotopic (exact) mass is 356 g/mol. The third kappa shape index (κ3) is 5.60. The van der Waals surface area contributed by atoms with Gasteiger partial charge in [0.15, 0.2) is 11.1 Å². The van der Waals surface area contributed by atoms with E-state index >= 15 is 0 Å². The maximum atomic E-state index is 6.08. The van der Waals surface area contributed by atoms with Crippen LogP contribution < -0.4 is 5.73 Å². The Morgan fingerprint density at radius 1 is 1.35 bits per heavy atom. The fraction of sp³-hybridized carbons (Fsp3) is 0.800. The van der Waals surface area contributed by atoms with Crippen molar-refractivity contribution in [2.45, 2.75) is 38.4 Å². The number of aromatic nitrogens is 3. The van der Waals surface area contributed by atoms with Gasteiger partial charge in [-0.15, -0.1) is 10.2 Å². The molecule has 8 heteroatoms. The average molecular weight is 357 g/mol. The molecule has 0 spiro atoms. The Balaban J connectivity index is 1.84. The molecule has 0 bridgehead atoms. The molecule has 1 aromatic rings. The highest BCUT2D eigenvalue weighted by Crippen LogP contribution is 2.16. The molecule has 2 N–H and O–H groups in total. The van der Waals surface area contributed by atoms with Gasteiger partial charge in [0, 0.05) is 44.1 Å². The van der Waals surface area contributed by atoms with Gasteiger partial charge in [0.25, 0.3) is 0 Å². The topological polar surface area (TPSA) is 72.3 Å². The van der Waals surface area contributed by atoms with Crippen LogP contribution in [0.3, 0.4) is 0 Å². The number of hydrogen-bond acceptors (Lipinski definition) is 5. The van der Waals surface area contributed by atoms with E-state index in [1.807, 2.05) is 18.0 Å². The molecule has 6 nitrogen and oxygen atoms in total. The summed E-state index contributed by atoms with van der Waals surface area (Å²) in [6, 6.07) is 0. The third-order valence-corrected chi connectivity index (χ3v) is 5.30. The Bertz CT molecular complexity index is 508. The molecule has 130 valence electrons. The Hall–Kier alpha value is -0.890. The Morgan fingerprint density at radius 2 is 2.09 bits per heavy atom. The van der Waals surface area contributed by atoms with Gasteiger partial charge in [0.1, 0.15) is 5.82 Å². The lowest BCUT2D eigenvalue weighted by molar-refractivity contribution is 0.455. The molecule has 1 aliphatic heterocycles. The van der Waals surface area contributed by atoms with Crippen molar-refractivity contribution in [3.05, 3.63) is 5.82 Å². The number of aliphatic imine (C=N–C) groups is 1. The van der Waals surface area contributed by atoms with E-state index in [4.69, 9.17) is 5.73 Å². The molecule has 0 radical (unpaired) electrons. The van der Waals surface area contributed by atoms with Gasteiger partial charge in [-0.1, -0.05) is 25.6 Å². The zero-order chi connectivity index (χ0) is 16.7. The molecule has 1 fully saturated rings. The Morgan fingerprint density at radius 3 is 2.74 bits per heavy atom. The van der Waals surface area contributed by atoms with E-state index in [0.717, 1.165) is 61.5 Å². The van der Waals surface area contributed by atoms with Crippen LogP contribution in [-0.2, 0) is 13.0 Å². The van der Waals surface area contributed by atoms with Gasteiger partial charge in [-0.25, -0.2) is 0 Å². The third-order valence-electron chi connectivity index (χ3n) is 3.69. The van der Waals surface area contributed by atoms with Crippen molar-refractivity contribution in [3.63, 3.8) is 0 Å². The van der Waals surface area contributed by atoms with Gasteiger partial charge >= 0.3 is 0 Å². The van der Waals surface area contributed by atoms with Crippen LogP contribution in [0.15, 0.2) is 10.1 Å². The van der Waals surface area contributed by atoms with Crippen LogP contribution in [0.1, 0.15) is 26.1 Å². The number of thioether (sulfide) groups is 2. The van der Waals surface area contributed by atoms with Gasteiger partial charge in [-0.3, -0.25) is 4.99 Å². The lowest BCUT2D eigenvalue weighted by atomic mass is 10.2. The predicted molar refractivity (Wildman–Crippen MR) is 100 cm³/mol. The lowest BCUT2D eigenvalue weighted by Crippen LogP contribution is -2.42. The van der Waals surface area contributed by atoms with Crippen molar-refractivity contribution in [2.75, 3.05) is 37.4 Å². The van der Waals surface area contributed by atoms with E-state index in [-0.39, 0.29) is 0 Å². The van der Waals surface area contributed by atoms with Gasteiger partial charge in [0.2, 0.25) is 0 Å². The van der Waals surface area contributed by atoms with Crippen molar-refractivity contribution < 1.29 is 0 Å². The van der Waals surface area contributed by atoms with Crippen molar-refractivity contribution in [1.29, 1.82) is 0 Å². The molecule has 0 atom stereocenters. The first-order chi connectivity index (χ1) is 11.1. The van der Waals surface area contributed by atoms with Crippen molar-refractivity contribution in [3.8, 4) is 0 Å². The second-order valence-corrected chi connectivity index (χ2v) is 8.05. The molecule has 1 saturated heterocycles. The Kier molecular flexibility index (Phi) is 7.55. The summed E-state index contributed by atoms with van der Waals surface area (Å²) in [4.78, 5) is 6.71. The van der Waals surface area contributed by atoms with Crippen LogP contribution in [0.25, 0.3) is 0 Å². The smallest absolute Gasteiger partial charge is 0.191 e. The lowest BCUT2D eigenvalue weighted by Gasteiger charge is -2.27. The zero-order valence-corrected chi connectivity index (χ0v) is 16.0. The van der Waals surface area contributed by atoms with E-state index in [1.165, 1.54) is 0 Å². The van der Waals surface area contributed by atoms with Crippen LogP contribution in [-0.4, -0.2) is 63.0 Å². The molecule has 1 aliphatic rings. The van der Waals surface area contributed by atoms with E-state index in [2.05, 4.69) is 38.5 Å². The van der Waals surface area contributed by atoms with Crippen molar-refractivity contribution in [1.82, 2.24) is 19.7 Å². The quantitative estimate of drug-likeness (QED) is 0.348. The molecular formula is C15H28N6S2. The van der Waals surface area contributed by atoms with E-state index in [0.29, 0.717) is 11.9 Å². The summed E-state index contributed by atoms with van der Waals surface area (Å²) < 4.78 is 2.24. The summed E-state index contributed by atoms with van der Waals surface area (Å²) in [7, 11) is 0. The highest BCUT2D eigenvalue weighted by molar-refractivity contribution is 7.99. The second-order valence-electron chi connectivity index (χ2n) is 6.05. The maximum Gasteiger partial charge on any atom is 0.191 e. The van der Waals surface area contributed by atoms with Crippen LogP contribution in [0.2, 0.25) is 0 Å². The molecule has 2 rings (SSSR count). The molecule has 0 unspecified atom stereocenters. The number of hydrogen-bond donors (Lipinski definition) is 1. The largest absolute Gasteiger partial charge is 0.370 e. The zero-order valence-electron chi connectivity index (χ0n) is 14.4. The highest BCUT2D eigenvalue weighted by Gasteiger charge is 2.13. The number of nitrogens with two attached hydrogens (primary N) is 1. The Labute approximate surface area is 147 Å². The molecule has 0 aliphatic carbocycles. The highest BCUT2D eigenvalue weighted by atomic mass is 32.2. The first-order valence-corrected chi connectivity index (χ1v) is 10.6. The van der Waals surface area contributed by atoms with Crippen molar-refractivity contribution in [2.24, 2.45) is 16.6 Å². The summed E-state index contributed by atoms with van der Waals surface area (Å²) in [5.41, 5.74) is 6.08. The van der Waals surface area contributed by atoms with E-state index < -0.39 is 0 Å². The molecule has 23 heavy (non-hydrogen) atoms. The van der Waals surface area contributed by atoms with Crippen molar-refractivity contribution >= 4 is 29.5 Å². The summed E-state index contributed by atoms with van der Waals surface area (Å²) in [6.45, 7) is 8.18. The van der Waals surface area contributed by atoms with Gasteiger partial charge in [0.05, 0.1) is 0 Å². The van der Waals surface area contributed by atoms with E-state index in [1.54, 1.807) is 11.8 Å². The minimum absolute atomic E-state index is 0.585. The second kappa shape index (κ2) is 9.42. The van der Waals surface area contributed by atoms with Crippen LogP contribution in [0.5, 0.6) is 0 Å². The number of rotatable bonds is 7. The van der Waals surface area contributed by atoms with Gasteiger partial charge < -0.3 is 15.2 Å². The number of aryl methyl sites for hydroxylation is 1. The molecule has 0 amide bonds. The SMILES string of the molecule is CSc1nnc(CCCN=C(N)N2CCSCC2)n1CC(C)C. The van der Waals surface area contributed by atoms with Crippen LogP contribution in [0, 0.1) is 5.92 Å². The first kappa shape index (κ1) is 18.4. The standard InChI is InChI=1S/C15H28N6S2/c1-12(2)11-21-13(18-19-15(21)22-3)5-4-6-17-14(16)20-7-9-23-10-8-20/h12H,4-11H2,1-3H3,(H2,16,17). The molecular weight excluding hydrogens is 328 g/mol. The normalized spacial score (nSPS) is 16.3. The minimum Gasteiger partial charge on any atom is -0.370 e. The fourth-order valence-corrected chi connectivity index (χ4v) is 3.95. The van der Waals surface area contributed by atoms with Gasteiger partial charge in [-0.05, 0) is 18.6 Å². The molecule has 0 saturated carbocycles. The first-order valence-electron chi connectivity index (χ1n) is 8.20. The summed E-state index contributed by atoms with van der Waals surface area (Å²) in [5, 5.41) is 9.63. The number of nitrogens with zero attached hydrogens (tertiary/aromatic N) is 5. The predicted octanol–water partition coefficient (Wildman–Crippen LogP) is 1.95. The fourth-order valence-electron chi connectivity index (χ4n) is 2.53. The average Bonchev–Trinajstić information content (AvgIpc) is 2.93. The molecule has 1 aromatic heterocycles. The molecule has 0 aromatic carbocycles. The minimum atomic E-state index is 0.585. The number of guanidine groups is 1. The summed E-state index contributed by atoms with van der Waals surface area (Å²) >= 11 is 3.63. The summed E-state index contributed by atoms with van der Waals surface area (Å²) in [6.07, 6.45) is 3.90. The van der Waals surface area contributed by atoms with Crippen LogP contribution in [0.4, 0.5) is 0 Å². The van der Waals surface area contributed by atoms with E-state index in [9.17, 15) is 0 Å². The maximum absolute atomic E-state index is 6.08. The molecule has 2 heterocycles. The van der Waals surface area contributed by atoms with Gasteiger partial charge in [-0.2, -0.15) is 11.8 Å².